The fourth-order valence-electron chi connectivity index (χ4n) is 4.31. The molecule has 2 aromatic heterocycles. The number of morpholine rings is 1. The van der Waals surface area contributed by atoms with E-state index in [9.17, 15) is 18.0 Å². The predicted molar refractivity (Wildman–Crippen MR) is 112 cm³/mol. The SMILES string of the molecule is O=C(c1cn2cccc(-c3ccccc3OCC(F)(F)F)c2n1)N1CCOC2(CCOC2)C1. The first-order valence-corrected chi connectivity index (χ1v) is 10.6. The molecule has 2 fully saturated rings. The van der Waals surface area contributed by atoms with Gasteiger partial charge < -0.3 is 23.5 Å². The number of halogens is 3. The molecular formula is C23H22F3N3O4. The maximum atomic E-state index is 13.2. The number of carbonyl (C=O) groups excluding carboxylic acids is 1. The van der Waals surface area contributed by atoms with E-state index < -0.39 is 18.4 Å². The van der Waals surface area contributed by atoms with E-state index >= 15 is 0 Å². The van der Waals surface area contributed by atoms with Gasteiger partial charge in [0.05, 0.1) is 19.8 Å². The maximum absolute atomic E-state index is 13.2. The van der Waals surface area contributed by atoms with E-state index in [1.807, 2.05) is 0 Å². The number of carbonyl (C=O) groups is 1. The summed E-state index contributed by atoms with van der Waals surface area (Å²) in [6, 6.07) is 9.96. The number of pyridine rings is 1. The second kappa shape index (κ2) is 8.35. The molecule has 0 N–H and O–H groups in total. The Balaban J connectivity index is 1.46. The second-order valence-corrected chi connectivity index (χ2v) is 8.24. The largest absolute Gasteiger partial charge is 0.483 e. The molecular weight excluding hydrogens is 439 g/mol. The quantitative estimate of drug-likeness (QED) is 0.595. The van der Waals surface area contributed by atoms with E-state index in [0.29, 0.717) is 49.7 Å². The molecule has 1 aromatic carbocycles. The molecule has 0 saturated carbocycles. The Morgan fingerprint density at radius 1 is 1.15 bits per heavy atom. The van der Waals surface area contributed by atoms with Crippen molar-refractivity contribution in [1.82, 2.24) is 14.3 Å². The van der Waals surface area contributed by atoms with Crippen molar-refractivity contribution in [3.8, 4) is 16.9 Å². The number of amides is 1. The van der Waals surface area contributed by atoms with Crippen molar-refractivity contribution in [3.63, 3.8) is 0 Å². The molecule has 7 nitrogen and oxygen atoms in total. The Kier molecular flexibility index (Phi) is 5.49. The summed E-state index contributed by atoms with van der Waals surface area (Å²) < 4.78 is 56.2. The number of rotatable bonds is 4. The van der Waals surface area contributed by atoms with E-state index in [4.69, 9.17) is 14.2 Å². The monoisotopic (exact) mass is 461 g/mol. The summed E-state index contributed by atoms with van der Waals surface area (Å²) in [7, 11) is 0. The average molecular weight is 461 g/mol. The Bertz CT molecular complexity index is 1170. The molecule has 5 rings (SSSR count). The normalized spacial score (nSPS) is 21.1. The third-order valence-electron chi connectivity index (χ3n) is 5.87. The van der Waals surface area contributed by atoms with E-state index in [-0.39, 0.29) is 17.4 Å². The average Bonchev–Trinajstić information content (AvgIpc) is 3.44. The van der Waals surface area contributed by atoms with Crippen LogP contribution in [0.2, 0.25) is 0 Å². The summed E-state index contributed by atoms with van der Waals surface area (Å²) >= 11 is 0. The van der Waals surface area contributed by atoms with Crippen LogP contribution in [0.4, 0.5) is 13.2 Å². The second-order valence-electron chi connectivity index (χ2n) is 8.24. The zero-order chi connectivity index (χ0) is 23.1. The van der Waals surface area contributed by atoms with Gasteiger partial charge in [-0.1, -0.05) is 18.2 Å². The highest BCUT2D eigenvalue weighted by Crippen LogP contribution is 2.34. The highest BCUT2D eigenvalue weighted by atomic mass is 19.4. The third kappa shape index (κ3) is 4.40. The number of imidazole rings is 1. The van der Waals surface area contributed by atoms with E-state index in [1.165, 1.54) is 6.07 Å². The number of aromatic nitrogens is 2. The number of nitrogens with zero attached hydrogens (tertiary/aromatic N) is 3. The van der Waals surface area contributed by atoms with Gasteiger partial charge >= 0.3 is 6.18 Å². The molecule has 174 valence electrons. The van der Waals surface area contributed by atoms with Gasteiger partial charge in [0, 0.05) is 43.1 Å². The molecule has 2 saturated heterocycles. The van der Waals surface area contributed by atoms with Gasteiger partial charge in [-0.15, -0.1) is 0 Å². The molecule has 1 atom stereocenters. The highest BCUT2D eigenvalue weighted by Gasteiger charge is 2.42. The lowest BCUT2D eigenvalue weighted by atomic mass is 10.0. The molecule has 3 aromatic rings. The topological polar surface area (TPSA) is 65.3 Å². The standard InChI is InChI=1S/C23H22F3N3O4/c24-23(25,26)15-32-19-6-2-1-4-16(19)17-5-3-8-28-12-18(27-20(17)28)21(30)29-9-11-33-22(13-29)7-10-31-14-22/h1-6,8,12H,7,9-11,13-15H2. The lowest BCUT2D eigenvalue weighted by Gasteiger charge is -2.39. The van der Waals surface area contributed by atoms with Crippen molar-refractivity contribution < 1.29 is 32.2 Å². The molecule has 1 spiro atoms. The number of hydrogen-bond acceptors (Lipinski definition) is 5. The van der Waals surface area contributed by atoms with Crippen molar-refractivity contribution in [2.24, 2.45) is 0 Å². The molecule has 4 heterocycles. The lowest BCUT2D eigenvalue weighted by molar-refractivity contribution is -0.153. The number of ether oxygens (including phenoxy) is 3. The maximum Gasteiger partial charge on any atom is 0.422 e. The van der Waals surface area contributed by atoms with Gasteiger partial charge in [-0.2, -0.15) is 13.2 Å². The third-order valence-corrected chi connectivity index (χ3v) is 5.87. The van der Waals surface area contributed by atoms with Crippen molar-refractivity contribution >= 4 is 11.6 Å². The first-order chi connectivity index (χ1) is 15.8. The van der Waals surface area contributed by atoms with Gasteiger partial charge in [0.2, 0.25) is 0 Å². The van der Waals surface area contributed by atoms with Crippen LogP contribution in [0.3, 0.4) is 0 Å². The molecule has 2 aliphatic heterocycles. The minimum atomic E-state index is -4.45. The van der Waals surface area contributed by atoms with Crippen molar-refractivity contribution in [2.75, 3.05) is 39.5 Å². The van der Waals surface area contributed by atoms with Crippen molar-refractivity contribution in [3.05, 3.63) is 54.5 Å². The van der Waals surface area contributed by atoms with Crippen molar-refractivity contribution in [1.29, 1.82) is 0 Å². The number of benzene rings is 1. The van der Waals surface area contributed by atoms with Gasteiger partial charge in [0.25, 0.3) is 5.91 Å². The molecule has 0 bridgehead atoms. The van der Waals surface area contributed by atoms with Crippen LogP contribution in [0.15, 0.2) is 48.8 Å². The zero-order valence-electron chi connectivity index (χ0n) is 17.7. The molecule has 0 aliphatic carbocycles. The lowest BCUT2D eigenvalue weighted by Crippen LogP contribution is -2.54. The number of fused-ring (bicyclic) bond motifs is 1. The Morgan fingerprint density at radius 3 is 2.76 bits per heavy atom. The number of alkyl halides is 3. The van der Waals surface area contributed by atoms with Crippen LogP contribution in [-0.2, 0) is 9.47 Å². The Morgan fingerprint density at radius 2 is 1.97 bits per heavy atom. The van der Waals surface area contributed by atoms with E-state index in [2.05, 4.69) is 4.98 Å². The number of hydrogen-bond donors (Lipinski definition) is 0. The van der Waals surface area contributed by atoms with Crippen LogP contribution in [-0.4, -0.2) is 71.5 Å². The van der Waals surface area contributed by atoms with Crippen LogP contribution in [0.5, 0.6) is 5.75 Å². The summed E-state index contributed by atoms with van der Waals surface area (Å²) in [6.07, 6.45) is -0.340. The smallest absolute Gasteiger partial charge is 0.422 e. The number of para-hydroxylation sites is 1. The first-order valence-electron chi connectivity index (χ1n) is 10.6. The van der Waals surface area contributed by atoms with Crippen LogP contribution in [0, 0.1) is 0 Å². The molecule has 0 radical (unpaired) electrons. The van der Waals surface area contributed by atoms with Crippen LogP contribution >= 0.6 is 0 Å². The van der Waals surface area contributed by atoms with Gasteiger partial charge in [-0.3, -0.25) is 4.79 Å². The van der Waals surface area contributed by atoms with E-state index in [0.717, 1.165) is 6.42 Å². The van der Waals surface area contributed by atoms with Gasteiger partial charge in [-0.25, -0.2) is 4.98 Å². The van der Waals surface area contributed by atoms with Gasteiger partial charge in [0.15, 0.2) is 6.61 Å². The van der Waals surface area contributed by atoms with Crippen LogP contribution in [0.1, 0.15) is 16.9 Å². The molecule has 1 unspecified atom stereocenters. The molecule has 1 amide bonds. The Labute approximate surface area is 187 Å². The summed E-state index contributed by atoms with van der Waals surface area (Å²) in [5.41, 5.74) is 1.28. The summed E-state index contributed by atoms with van der Waals surface area (Å²) in [5.74, 6) is -0.129. The van der Waals surface area contributed by atoms with Gasteiger partial charge in [-0.05, 0) is 18.2 Å². The van der Waals surface area contributed by atoms with Crippen molar-refractivity contribution in [2.45, 2.75) is 18.2 Å². The molecule has 33 heavy (non-hydrogen) atoms. The fourth-order valence-corrected chi connectivity index (χ4v) is 4.31. The first kappa shape index (κ1) is 21.7. The fraction of sp³-hybridized carbons (Fsp3) is 0.391. The van der Waals surface area contributed by atoms with Crippen LogP contribution in [0.25, 0.3) is 16.8 Å². The van der Waals surface area contributed by atoms with Gasteiger partial charge in [0.1, 0.15) is 22.7 Å². The summed E-state index contributed by atoms with van der Waals surface area (Å²) in [6.45, 7) is 0.984. The zero-order valence-corrected chi connectivity index (χ0v) is 17.7. The highest BCUT2D eigenvalue weighted by molar-refractivity contribution is 5.94. The Hall–Kier alpha value is -3.11. The minimum Gasteiger partial charge on any atom is -0.483 e. The van der Waals surface area contributed by atoms with Crippen LogP contribution < -0.4 is 4.74 Å². The predicted octanol–water partition coefficient (Wildman–Crippen LogP) is 3.57. The van der Waals surface area contributed by atoms with E-state index in [1.54, 1.807) is 52.0 Å². The summed E-state index contributed by atoms with van der Waals surface area (Å²) in [5, 5.41) is 0. The summed E-state index contributed by atoms with van der Waals surface area (Å²) in [4.78, 5) is 19.5. The molecule has 10 heteroatoms. The minimum absolute atomic E-state index is 0.0927. The molecule has 2 aliphatic rings.